The molecule has 2 bridgehead atoms. The van der Waals surface area contributed by atoms with E-state index >= 15 is 0 Å². The average Bonchev–Trinajstić information content (AvgIpc) is 3.11. The van der Waals surface area contributed by atoms with Crippen LogP contribution in [0.15, 0.2) is 30.3 Å². The van der Waals surface area contributed by atoms with Gasteiger partial charge >= 0.3 is 5.97 Å². The molecule has 4 rings (SSSR count). The largest absolute Gasteiger partial charge is 0.468 e. The minimum Gasteiger partial charge on any atom is -0.468 e. The molecule has 0 amide bonds. The van der Waals surface area contributed by atoms with Crippen LogP contribution in [-0.2, 0) is 30.2 Å². The summed E-state index contributed by atoms with van der Waals surface area (Å²) in [6.45, 7) is 7.09. The highest BCUT2D eigenvalue weighted by atomic mass is 16.7. The zero-order chi connectivity index (χ0) is 20.7. The lowest BCUT2D eigenvalue weighted by molar-refractivity contribution is -0.241. The Morgan fingerprint density at radius 3 is 2.45 bits per heavy atom. The van der Waals surface area contributed by atoms with E-state index < -0.39 is 22.6 Å². The number of nitrogens with zero attached hydrogens (tertiary/aromatic N) is 1. The van der Waals surface area contributed by atoms with Crippen molar-refractivity contribution < 1.29 is 23.8 Å². The number of likely N-dealkylation sites (tertiary alicyclic amines) is 1. The van der Waals surface area contributed by atoms with E-state index in [0.717, 1.165) is 12.1 Å². The second kappa shape index (κ2) is 7.49. The normalized spacial score (nSPS) is 31.4. The molecule has 3 fully saturated rings. The summed E-state index contributed by atoms with van der Waals surface area (Å²) in [6, 6.07) is 10.0. The number of Topliss-reactive ketones (excluding diaryl/α,β-unsaturated/α-hetero) is 1. The van der Waals surface area contributed by atoms with Crippen molar-refractivity contribution in [3.8, 4) is 0 Å². The van der Waals surface area contributed by atoms with Crippen LogP contribution in [0.5, 0.6) is 0 Å². The zero-order valence-electron chi connectivity index (χ0n) is 17.6. The third-order valence-electron chi connectivity index (χ3n) is 6.51. The van der Waals surface area contributed by atoms with Crippen molar-refractivity contribution in [3.63, 3.8) is 0 Å². The summed E-state index contributed by atoms with van der Waals surface area (Å²) in [5.74, 6) is -0.932. The van der Waals surface area contributed by atoms with Gasteiger partial charge < -0.3 is 19.1 Å². The Balaban J connectivity index is 1.81. The predicted octanol–water partition coefficient (Wildman–Crippen LogP) is 2.45. The number of fused-ring (bicyclic) bond motifs is 2. The number of carbonyl (C=O) groups is 2. The number of methoxy groups -OCH3 is 1. The number of ether oxygens (including phenoxy) is 3. The minimum absolute atomic E-state index is 0.00886. The second-order valence-electron chi connectivity index (χ2n) is 9.37. The maximum Gasteiger partial charge on any atom is 0.320 e. The van der Waals surface area contributed by atoms with Crippen LogP contribution in [0.1, 0.15) is 32.3 Å². The third-order valence-corrected chi connectivity index (χ3v) is 6.51. The highest BCUT2D eigenvalue weighted by Crippen LogP contribution is 2.56. The lowest BCUT2D eigenvalue weighted by Crippen LogP contribution is -2.70. The summed E-state index contributed by atoms with van der Waals surface area (Å²) >= 11 is 0. The van der Waals surface area contributed by atoms with Gasteiger partial charge in [-0.3, -0.25) is 9.59 Å². The monoisotopic (exact) mass is 401 g/mol. The molecule has 2 atom stereocenters. The summed E-state index contributed by atoms with van der Waals surface area (Å²) in [7, 11) is 1.36. The van der Waals surface area contributed by atoms with E-state index in [1.807, 2.05) is 30.3 Å². The van der Waals surface area contributed by atoms with Crippen molar-refractivity contribution in [1.82, 2.24) is 4.90 Å². The van der Waals surface area contributed by atoms with Gasteiger partial charge in [0, 0.05) is 32.5 Å². The van der Waals surface area contributed by atoms with Gasteiger partial charge in [-0.15, -0.1) is 0 Å². The molecule has 6 nitrogen and oxygen atoms in total. The fourth-order valence-corrected chi connectivity index (χ4v) is 5.78. The number of rotatable bonds is 5. The molecule has 1 aliphatic carbocycles. The number of benzene rings is 1. The van der Waals surface area contributed by atoms with Gasteiger partial charge in [0.1, 0.15) is 5.41 Å². The fourth-order valence-electron chi connectivity index (χ4n) is 5.78. The summed E-state index contributed by atoms with van der Waals surface area (Å²) in [6.07, 6.45) is 1.27. The molecule has 0 radical (unpaired) electrons. The number of carbonyl (C=O) groups excluding carboxylic acids is 2. The summed E-state index contributed by atoms with van der Waals surface area (Å²) in [4.78, 5) is 29.4. The predicted molar refractivity (Wildman–Crippen MR) is 107 cm³/mol. The van der Waals surface area contributed by atoms with Gasteiger partial charge in [-0.25, -0.2) is 0 Å². The van der Waals surface area contributed by atoms with Gasteiger partial charge in [-0.1, -0.05) is 44.2 Å². The van der Waals surface area contributed by atoms with Crippen LogP contribution < -0.4 is 0 Å². The molecular weight excluding hydrogens is 370 g/mol. The number of esters is 1. The van der Waals surface area contributed by atoms with E-state index in [9.17, 15) is 9.59 Å². The SMILES string of the molecule is COC(=O)C12CN(CC(C)C)CC(Cc3ccccc3)(CC3(C1)OCCO3)C2=O. The van der Waals surface area contributed by atoms with Gasteiger partial charge in [-0.05, 0) is 17.9 Å². The van der Waals surface area contributed by atoms with Gasteiger partial charge in [-0.2, -0.15) is 0 Å². The van der Waals surface area contributed by atoms with Gasteiger partial charge in [0.05, 0.1) is 25.7 Å². The van der Waals surface area contributed by atoms with Crippen LogP contribution in [-0.4, -0.2) is 62.4 Å². The van der Waals surface area contributed by atoms with Gasteiger partial charge in [0.25, 0.3) is 0 Å². The standard InChI is InChI=1S/C23H31NO5/c1-17(2)12-24-15-21(11-18-7-5-4-6-8-18)13-23(28-9-10-29-23)14-22(16-24,19(21)25)20(26)27-3/h4-8,17H,9-16H2,1-3H3. The number of ketones is 1. The molecule has 1 spiro atoms. The summed E-state index contributed by atoms with van der Waals surface area (Å²) < 4.78 is 17.3. The summed E-state index contributed by atoms with van der Waals surface area (Å²) in [5.41, 5.74) is -0.911. The van der Waals surface area contributed by atoms with Crippen LogP contribution in [0.4, 0.5) is 0 Å². The maximum atomic E-state index is 14.0. The lowest BCUT2D eigenvalue weighted by Gasteiger charge is -2.57. The zero-order valence-corrected chi connectivity index (χ0v) is 17.6. The Hall–Kier alpha value is -1.76. The number of hydrogen-bond donors (Lipinski definition) is 0. The Morgan fingerprint density at radius 2 is 1.83 bits per heavy atom. The Kier molecular flexibility index (Phi) is 5.30. The second-order valence-corrected chi connectivity index (χ2v) is 9.37. The molecule has 2 unspecified atom stereocenters. The first kappa shape index (κ1) is 20.5. The molecule has 0 N–H and O–H groups in total. The fraction of sp³-hybridized carbons (Fsp3) is 0.652. The Labute approximate surface area is 172 Å². The molecule has 1 aromatic rings. The summed E-state index contributed by atoms with van der Waals surface area (Å²) in [5, 5.41) is 0. The van der Waals surface area contributed by atoms with Crippen molar-refractivity contribution >= 4 is 11.8 Å². The topological polar surface area (TPSA) is 65.1 Å². The van der Waals surface area contributed by atoms with Crippen molar-refractivity contribution in [1.29, 1.82) is 0 Å². The molecule has 3 aliphatic rings. The van der Waals surface area contributed by atoms with E-state index in [0.29, 0.717) is 45.1 Å². The molecule has 2 heterocycles. The molecule has 158 valence electrons. The highest BCUT2D eigenvalue weighted by Gasteiger charge is 2.69. The van der Waals surface area contributed by atoms with Crippen LogP contribution in [0.25, 0.3) is 0 Å². The third kappa shape index (κ3) is 3.51. The molecule has 6 heteroatoms. The maximum absolute atomic E-state index is 14.0. The quantitative estimate of drug-likeness (QED) is 0.558. The van der Waals surface area contributed by atoms with Crippen LogP contribution in [0, 0.1) is 16.7 Å². The minimum atomic E-state index is -1.25. The Bertz CT molecular complexity index is 773. The van der Waals surface area contributed by atoms with E-state index in [4.69, 9.17) is 14.2 Å². The lowest BCUT2D eigenvalue weighted by atomic mass is 9.54. The molecular formula is C23H31NO5. The first-order valence-electron chi connectivity index (χ1n) is 10.5. The first-order chi connectivity index (χ1) is 13.8. The Morgan fingerprint density at radius 1 is 1.14 bits per heavy atom. The van der Waals surface area contributed by atoms with Crippen LogP contribution in [0.2, 0.25) is 0 Å². The smallest absolute Gasteiger partial charge is 0.320 e. The van der Waals surface area contributed by atoms with Crippen LogP contribution >= 0.6 is 0 Å². The van der Waals surface area contributed by atoms with Gasteiger partial charge in [0.15, 0.2) is 11.6 Å². The number of piperidine rings is 1. The average molecular weight is 402 g/mol. The van der Waals surface area contributed by atoms with E-state index in [1.165, 1.54) is 7.11 Å². The van der Waals surface area contributed by atoms with Crippen molar-refractivity contribution in [2.75, 3.05) is 40.0 Å². The van der Waals surface area contributed by atoms with E-state index in [-0.39, 0.29) is 12.2 Å². The van der Waals surface area contributed by atoms with E-state index in [2.05, 4.69) is 18.7 Å². The van der Waals surface area contributed by atoms with Gasteiger partial charge in [0.2, 0.25) is 0 Å². The molecule has 1 saturated carbocycles. The highest BCUT2D eigenvalue weighted by molar-refractivity contribution is 6.08. The van der Waals surface area contributed by atoms with Crippen molar-refractivity contribution in [2.24, 2.45) is 16.7 Å². The van der Waals surface area contributed by atoms with Crippen LogP contribution in [0.3, 0.4) is 0 Å². The van der Waals surface area contributed by atoms with Crippen molar-refractivity contribution in [3.05, 3.63) is 35.9 Å². The molecule has 2 aliphatic heterocycles. The molecule has 29 heavy (non-hydrogen) atoms. The molecule has 1 aromatic carbocycles. The van der Waals surface area contributed by atoms with Crippen molar-refractivity contribution in [2.45, 2.75) is 38.9 Å². The first-order valence-corrected chi connectivity index (χ1v) is 10.5. The molecule has 2 saturated heterocycles. The number of hydrogen-bond acceptors (Lipinski definition) is 6. The molecule has 0 aromatic heterocycles. The van der Waals surface area contributed by atoms with E-state index in [1.54, 1.807) is 0 Å².